The fourth-order valence-corrected chi connectivity index (χ4v) is 8.98. The minimum absolute atomic E-state index is 0.889. The quantitative estimate of drug-likeness (QED) is 0.188. The van der Waals surface area contributed by atoms with Gasteiger partial charge in [-0.2, -0.15) is 0 Å². The molecule has 0 amide bonds. The van der Waals surface area contributed by atoms with E-state index in [-0.39, 0.29) is 0 Å². The summed E-state index contributed by atoms with van der Waals surface area (Å²) in [6, 6.07) is 61.4. The van der Waals surface area contributed by atoms with Crippen molar-refractivity contribution in [3.8, 4) is 5.69 Å². The fourth-order valence-electron chi connectivity index (χ4n) is 7.85. The van der Waals surface area contributed by atoms with Gasteiger partial charge in [-0.25, -0.2) is 0 Å². The summed E-state index contributed by atoms with van der Waals surface area (Å²) >= 11 is 1.86. The number of furan rings is 1. The van der Waals surface area contributed by atoms with Crippen LogP contribution in [-0.4, -0.2) is 4.57 Å². The van der Waals surface area contributed by atoms with Crippen molar-refractivity contribution in [1.82, 2.24) is 4.57 Å². The molecule has 0 saturated heterocycles. The number of thiophene rings is 1. The zero-order valence-electron chi connectivity index (χ0n) is 26.9. The number of benzene rings is 8. The molecule has 0 aliphatic carbocycles. The van der Waals surface area contributed by atoms with Crippen molar-refractivity contribution in [2.45, 2.75) is 0 Å². The molecule has 0 unspecified atom stereocenters. The van der Waals surface area contributed by atoms with Gasteiger partial charge in [0.2, 0.25) is 0 Å². The van der Waals surface area contributed by atoms with E-state index in [1.807, 2.05) is 23.5 Å². The van der Waals surface area contributed by atoms with Crippen LogP contribution in [0.2, 0.25) is 0 Å². The molecule has 11 rings (SSSR count). The Bertz CT molecular complexity index is 3110. The number of hydrogen-bond donors (Lipinski definition) is 0. The van der Waals surface area contributed by atoms with Crippen molar-refractivity contribution in [1.29, 1.82) is 0 Å². The lowest BCUT2D eigenvalue weighted by atomic mass is 10.0. The molecular weight excluding hydrogens is 629 g/mol. The monoisotopic (exact) mass is 656 g/mol. The second kappa shape index (κ2) is 10.6. The summed E-state index contributed by atoms with van der Waals surface area (Å²) in [7, 11) is 0. The van der Waals surface area contributed by atoms with E-state index in [1.54, 1.807) is 0 Å². The van der Waals surface area contributed by atoms with Crippen LogP contribution in [0.15, 0.2) is 174 Å². The van der Waals surface area contributed by atoms with Gasteiger partial charge in [0.15, 0.2) is 0 Å². The van der Waals surface area contributed by atoms with E-state index >= 15 is 0 Å². The first-order valence-corrected chi connectivity index (χ1v) is 17.7. The van der Waals surface area contributed by atoms with E-state index in [0.29, 0.717) is 0 Å². The first-order valence-electron chi connectivity index (χ1n) is 16.9. The SMILES string of the molecule is c1ccc(-n2c3ccccc3c3ccc(N(c4ccc5cc6sc7ccccc7c6cc5c4)c4ccc5oc6ccccc6c5c4)cc32)cc1. The molecule has 0 fully saturated rings. The Balaban J connectivity index is 1.18. The summed E-state index contributed by atoms with van der Waals surface area (Å²) in [5, 5.41) is 9.78. The molecule has 0 aliphatic heterocycles. The maximum Gasteiger partial charge on any atom is 0.135 e. The average Bonchev–Trinajstić information content (AvgIpc) is 3.83. The highest BCUT2D eigenvalue weighted by atomic mass is 32.1. The van der Waals surface area contributed by atoms with Crippen molar-refractivity contribution in [3.63, 3.8) is 0 Å². The summed E-state index contributed by atoms with van der Waals surface area (Å²) in [6.07, 6.45) is 0. The molecule has 8 aromatic carbocycles. The lowest BCUT2D eigenvalue weighted by Crippen LogP contribution is -2.10. The number of anilines is 3. The molecule has 0 aliphatic rings. The lowest BCUT2D eigenvalue weighted by Gasteiger charge is -2.26. The standard InChI is InChI=1S/C46H28N2OS/c1-2-10-31(11-3-1)48-41-15-7-4-12-35(41)36-22-20-34(28-42(36)48)47(33-21-23-44-39(27-33)37-13-5-8-16-43(37)49-44)32-19-18-29-26-46-40(25-30(29)24-32)38-14-6-9-17-45(38)50-46/h1-28H. The highest BCUT2D eigenvalue weighted by Gasteiger charge is 2.19. The summed E-state index contributed by atoms with van der Waals surface area (Å²) < 4.78 is 11.3. The van der Waals surface area contributed by atoms with Crippen molar-refractivity contribution in [3.05, 3.63) is 170 Å². The molecule has 0 spiro atoms. The van der Waals surface area contributed by atoms with Crippen LogP contribution in [-0.2, 0) is 0 Å². The van der Waals surface area contributed by atoms with E-state index < -0.39 is 0 Å². The molecule has 234 valence electrons. The second-order valence-corrected chi connectivity index (χ2v) is 14.1. The van der Waals surface area contributed by atoms with Gasteiger partial charge in [0.1, 0.15) is 11.2 Å². The van der Waals surface area contributed by atoms with Crippen LogP contribution in [0, 0.1) is 0 Å². The Hall–Kier alpha value is -6.36. The minimum atomic E-state index is 0.889. The Labute approximate surface area is 291 Å². The van der Waals surface area contributed by atoms with Crippen LogP contribution < -0.4 is 4.90 Å². The number of nitrogens with zero attached hydrogens (tertiary/aromatic N) is 2. The fraction of sp³-hybridized carbons (Fsp3) is 0. The zero-order valence-corrected chi connectivity index (χ0v) is 27.7. The normalized spacial score (nSPS) is 12.0. The summed E-state index contributed by atoms with van der Waals surface area (Å²) in [5.74, 6) is 0. The highest BCUT2D eigenvalue weighted by Crippen LogP contribution is 2.43. The maximum atomic E-state index is 6.26. The van der Waals surface area contributed by atoms with Gasteiger partial charge in [-0.05, 0) is 95.7 Å². The molecule has 0 saturated carbocycles. The van der Waals surface area contributed by atoms with Gasteiger partial charge in [-0.1, -0.05) is 84.9 Å². The maximum absolute atomic E-state index is 6.26. The van der Waals surface area contributed by atoms with Crippen molar-refractivity contribution in [2.24, 2.45) is 0 Å². The predicted octanol–water partition coefficient (Wildman–Crippen LogP) is 13.7. The Kier molecular flexibility index (Phi) is 5.83. The van der Waals surface area contributed by atoms with Gasteiger partial charge in [0, 0.05) is 64.5 Å². The largest absolute Gasteiger partial charge is 0.456 e. The molecule has 3 nitrogen and oxygen atoms in total. The van der Waals surface area contributed by atoms with E-state index in [1.165, 1.54) is 52.8 Å². The van der Waals surface area contributed by atoms with Gasteiger partial charge >= 0.3 is 0 Å². The van der Waals surface area contributed by atoms with Crippen LogP contribution in [0.5, 0.6) is 0 Å². The van der Waals surface area contributed by atoms with Gasteiger partial charge in [0.25, 0.3) is 0 Å². The van der Waals surface area contributed by atoms with Crippen LogP contribution in [0.3, 0.4) is 0 Å². The smallest absolute Gasteiger partial charge is 0.135 e. The summed E-state index contributed by atoms with van der Waals surface area (Å²) in [6.45, 7) is 0. The van der Waals surface area contributed by atoms with Crippen LogP contribution in [0.25, 0.3) is 80.4 Å². The second-order valence-electron chi connectivity index (χ2n) is 13.0. The zero-order chi connectivity index (χ0) is 32.8. The van der Waals surface area contributed by atoms with E-state index in [0.717, 1.165) is 44.7 Å². The van der Waals surface area contributed by atoms with Crippen LogP contribution in [0.1, 0.15) is 0 Å². The summed E-state index contributed by atoms with van der Waals surface area (Å²) in [5.41, 5.74) is 8.57. The Morgan fingerprint density at radius 3 is 2.00 bits per heavy atom. The van der Waals surface area contributed by atoms with Crippen LogP contribution >= 0.6 is 11.3 Å². The molecule has 0 N–H and O–H groups in total. The molecule has 0 bridgehead atoms. The van der Waals surface area contributed by atoms with Gasteiger partial charge < -0.3 is 13.9 Å². The van der Waals surface area contributed by atoms with Crippen molar-refractivity contribution < 1.29 is 4.42 Å². The van der Waals surface area contributed by atoms with E-state index in [2.05, 4.69) is 167 Å². The number of aromatic nitrogens is 1. The molecular formula is C46H28N2OS. The molecule has 11 aromatic rings. The predicted molar refractivity (Wildman–Crippen MR) is 213 cm³/mol. The number of rotatable bonds is 4. The van der Waals surface area contributed by atoms with E-state index in [4.69, 9.17) is 4.42 Å². The third kappa shape index (κ3) is 4.09. The Morgan fingerprint density at radius 1 is 0.400 bits per heavy atom. The first kappa shape index (κ1) is 27.6. The molecule has 0 atom stereocenters. The van der Waals surface area contributed by atoms with Crippen molar-refractivity contribution >= 4 is 103 Å². The van der Waals surface area contributed by atoms with Gasteiger partial charge in [-0.3, -0.25) is 0 Å². The first-order chi connectivity index (χ1) is 24.8. The number of hydrogen-bond acceptors (Lipinski definition) is 3. The molecule has 50 heavy (non-hydrogen) atoms. The van der Waals surface area contributed by atoms with Crippen LogP contribution in [0.4, 0.5) is 17.1 Å². The molecule has 3 heterocycles. The molecule has 4 heteroatoms. The molecule has 3 aromatic heterocycles. The Morgan fingerprint density at radius 2 is 1.08 bits per heavy atom. The number of para-hydroxylation sites is 3. The number of fused-ring (bicyclic) bond motifs is 10. The van der Waals surface area contributed by atoms with Crippen molar-refractivity contribution in [2.75, 3.05) is 4.90 Å². The molecule has 0 radical (unpaired) electrons. The summed E-state index contributed by atoms with van der Waals surface area (Å²) in [4.78, 5) is 2.39. The third-order valence-electron chi connectivity index (χ3n) is 10.1. The minimum Gasteiger partial charge on any atom is -0.456 e. The topological polar surface area (TPSA) is 21.3 Å². The van der Waals surface area contributed by atoms with Gasteiger partial charge in [-0.15, -0.1) is 11.3 Å². The highest BCUT2D eigenvalue weighted by molar-refractivity contribution is 7.25. The third-order valence-corrected chi connectivity index (χ3v) is 11.3. The van der Waals surface area contributed by atoms with Gasteiger partial charge in [0.05, 0.1) is 11.0 Å². The van der Waals surface area contributed by atoms with E-state index in [9.17, 15) is 0 Å². The lowest BCUT2D eigenvalue weighted by molar-refractivity contribution is 0.669. The average molecular weight is 657 g/mol.